The summed E-state index contributed by atoms with van der Waals surface area (Å²) in [6, 6.07) is 12.7. The predicted octanol–water partition coefficient (Wildman–Crippen LogP) is 5.31. The molecular formula is C17H13ClFN. The number of halogens is 2. The highest BCUT2D eigenvalue weighted by molar-refractivity contribution is 6.36. The summed E-state index contributed by atoms with van der Waals surface area (Å²) in [5, 5.41) is 1.47. The summed E-state index contributed by atoms with van der Waals surface area (Å²) in [6.07, 6.45) is 0. The number of fused-ring (bicyclic) bond motifs is 1. The molecule has 0 spiro atoms. The van der Waals surface area contributed by atoms with E-state index < -0.39 is 0 Å². The van der Waals surface area contributed by atoms with Gasteiger partial charge in [0.1, 0.15) is 5.82 Å². The van der Waals surface area contributed by atoms with Crippen LogP contribution in [0.4, 0.5) is 4.39 Å². The molecule has 2 aromatic carbocycles. The number of pyridine rings is 1. The van der Waals surface area contributed by atoms with Gasteiger partial charge in [-0.05, 0) is 31.0 Å². The van der Waals surface area contributed by atoms with Crippen molar-refractivity contribution in [3.05, 3.63) is 64.4 Å². The standard InChI is InChI=1S/C17H13ClFN/c1-10-8-13(19)9-14-15(10)16(18)11(2)17(20-14)12-6-4-3-5-7-12/h3-9H,1-2H3. The lowest BCUT2D eigenvalue weighted by Crippen LogP contribution is -1.94. The van der Waals surface area contributed by atoms with Crippen LogP contribution in [-0.2, 0) is 0 Å². The molecule has 0 aliphatic carbocycles. The van der Waals surface area contributed by atoms with Gasteiger partial charge in [0.25, 0.3) is 0 Å². The second-order valence-corrected chi connectivity index (χ2v) is 5.26. The van der Waals surface area contributed by atoms with Gasteiger partial charge in [-0.2, -0.15) is 0 Å². The van der Waals surface area contributed by atoms with Crippen molar-refractivity contribution in [1.29, 1.82) is 0 Å². The van der Waals surface area contributed by atoms with Gasteiger partial charge in [0, 0.05) is 17.0 Å². The molecule has 3 rings (SSSR count). The molecule has 100 valence electrons. The van der Waals surface area contributed by atoms with Crippen LogP contribution in [0, 0.1) is 19.7 Å². The Hall–Kier alpha value is -1.93. The van der Waals surface area contributed by atoms with Crippen LogP contribution in [0.15, 0.2) is 42.5 Å². The summed E-state index contributed by atoms with van der Waals surface area (Å²) < 4.78 is 13.6. The Morgan fingerprint density at radius 1 is 1.05 bits per heavy atom. The summed E-state index contributed by atoms with van der Waals surface area (Å²) in [4.78, 5) is 4.60. The smallest absolute Gasteiger partial charge is 0.125 e. The zero-order valence-corrected chi connectivity index (χ0v) is 12.0. The largest absolute Gasteiger partial charge is 0.247 e. The van der Waals surface area contributed by atoms with Crippen molar-refractivity contribution in [2.75, 3.05) is 0 Å². The van der Waals surface area contributed by atoms with Crippen LogP contribution in [0.3, 0.4) is 0 Å². The van der Waals surface area contributed by atoms with Crippen molar-refractivity contribution in [2.24, 2.45) is 0 Å². The van der Waals surface area contributed by atoms with Crippen LogP contribution >= 0.6 is 11.6 Å². The van der Waals surface area contributed by atoms with Crippen LogP contribution in [0.2, 0.25) is 5.02 Å². The second kappa shape index (κ2) is 4.88. The van der Waals surface area contributed by atoms with E-state index in [0.29, 0.717) is 10.5 Å². The van der Waals surface area contributed by atoms with Crippen molar-refractivity contribution in [2.45, 2.75) is 13.8 Å². The molecule has 0 aliphatic rings. The van der Waals surface area contributed by atoms with Crippen molar-refractivity contribution in [3.63, 3.8) is 0 Å². The maximum atomic E-state index is 13.6. The quantitative estimate of drug-likeness (QED) is 0.590. The normalized spacial score (nSPS) is 11.0. The molecule has 0 atom stereocenters. The molecule has 3 aromatic rings. The minimum absolute atomic E-state index is 0.290. The molecule has 0 N–H and O–H groups in total. The highest BCUT2D eigenvalue weighted by Gasteiger charge is 2.14. The first-order chi connectivity index (χ1) is 9.58. The van der Waals surface area contributed by atoms with E-state index in [1.54, 1.807) is 0 Å². The number of nitrogens with zero attached hydrogens (tertiary/aromatic N) is 1. The van der Waals surface area contributed by atoms with Crippen molar-refractivity contribution < 1.29 is 4.39 Å². The third-order valence-corrected chi connectivity index (χ3v) is 3.94. The van der Waals surface area contributed by atoms with Crippen LogP contribution < -0.4 is 0 Å². The first-order valence-corrected chi connectivity index (χ1v) is 6.77. The zero-order valence-electron chi connectivity index (χ0n) is 11.2. The minimum atomic E-state index is -0.290. The fourth-order valence-corrected chi connectivity index (χ4v) is 2.81. The van der Waals surface area contributed by atoms with E-state index in [1.165, 1.54) is 12.1 Å². The molecule has 1 aromatic heterocycles. The molecule has 0 saturated heterocycles. The number of hydrogen-bond acceptors (Lipinski definition) is 1. The van der Waals surface area contributed by atoms with E-state index in [9.17, 15) is 4.39 Å². The molecule has 0 radical (unpaired) electrons. The van der Waals surface area contributed by atoms with Gasteiger partial charge in [-0.1, -0.05) is 41.9 Å². The second-order valence-electron chi connectivity index (χ2n) is 4.88. The predicted molar refractivity (Wildman–Crippen MR) is 81.6 cm³/mol. The van der Waals surface area contributed by atoms with Gasteiger partial charge in [0.05, 0.1) is 16.2 Å². The lowest BCUT2D eigenvalue weighted by Gasteiger charge is -2.12. The van der Waals surface area contributed by atoms with E-state index in [0.717, 1.165) is 27.8 Å². The van der Waals surface area contributed by atoms with E-state index in [2.05, 4.69) is 4.98 Å². The lowest BCUT2D eigenvalue weighted by atomic mass is 10.0. The number of aryl methyl sites for hydroxylation is 1. The summed E-state index contributed by atoms with van der Waals surface area (Å²) in [5.41, 5.74) is 4.10. The SMILES string of the molecule is Cc1c(-c2ccccc2)nc2cc(F)cc(C)c2c1Cl. The summed E-state index contributed by atoms with van der Waals surface area (Å²) in [5.74, 6) is -0.290. The number of aromatic nitrogens is 1. The molecule has 0 aliphatic heterocycles. The molecule has 0 amide bonds. The van der Waals surface area contributed by atoms with Crippen LogP contribution in [-0.4, -0.2) is 4.98 Å². The Bertz CT molecular complexity index is 797. The summed E-state index contributed by atoms with van der Waals surface area (Å²) in [7, 11) is 0. The maximum absolute atomic E-state index is 13.6. The molecular weight excluding hydrogens is 273 g/mol. The lowest BCUT2D eigenvalue weighted by molar-refractivity contribution is 0.628. The number of benzene rings is 2. The van der Waals surface area contributed by atoms with Gasteiger partial charge >= 0.3 is 0 Å². The third kappa shape index (κ3) is 2.06. The maximum Gasteiger partial charge on any atom is 0.125 e. The van der Waals surface area contributed by atoms with Crippen LogP contribution in [0.25, 0.3) is 22.2 Å². The van der Waals surface area contributed by atoms with E-state index in [4.69, 9.17) is 11.6 Å². The molecule has 0 saturated carbocycles. The van der Waals surface area contributed by atoms with Gasteiger partial charge in [-0.25, -0.2) is 9.37 Å². The molecule has 20 heavy (non-hydrogen) atoms. The fourth-order valence-electron chi connectivity index (χ4n) is 2.47. The first kappa shape index (κ1) is 13.1. The van der Waals surface area contributed by atoms with E-state index in [-0.39, 0.29) is 5.82 Å². The van der Waals surface area contributed by atoms with Gasteiger partial charge in [-0.3, -0.25) is 0 Å². The molecule has 3 heteroatoms. The minimum Gasteiger partial charge on any atom is -0.247 e. The van der Waals surface area contributed by atoms with Crippen molar-refractivity contribution in [3.8, 4) is 11.3 Å². The van der Waals surface area contributed by atoms with Crippen molar-refractivity contribution >= 4 is 22.5 Å². The summed E-state index contributed by atoms with van der Waals surface area (Å²) in [6.45, 7) is 3.79. The Balaban J connectivity index is 2.39. The zero-order chi connectivity index (χ0) is 14.3. The number of rotatable bonds is 1. The van der Waals surface area contributed by atoms with Gasteiger partial charge in [0.15, 0.2) is 0 Å². The Morgan fingerprint density at radius 3 is 2.45 bits per heavy atom. The van der Waals surface area contributed by atoms with Gasteiger partial charge < -0.3 is 0 Å². The highest BCUT2D eigenvalue weighted by Crippen LogP contribution is 2.34. The highest BCUT2D eigenvalue weighted by atomic mass is 35.5. The first-order valence-electron chi connectivity index (χ1n) is 6.39. The third-order valence-electron chi connectivity index (χ3n) is 3.46. The van der Waals surface area contributed by atoms with E-state index in [1.807, 2.05) is 44.2 Å². The van der Waals surface area contributed by atoms with Crippen LogP contribution in [0.1, 0.15) is 11.1 Å². The Kier molecular flexibility index (Phi) is 3.19. The van der Waals surface area contributed by atoms with Gasteiger partial charge in [0.2, 0.25) is 0 Å². The molecule has 0 fully saturated rings. The molecule has 1 nitrogen and oxygen atoms in total. The average Bonchev–Trinajstić information content (AvgIpc) is 2.43. The Labute approximate surface area is 122 Å². The fraction of sp³-hybridized carbons (Fsp3) is 0.118. The molecule has 0 unspecified atom stereocenters. The topological polar surface area (TPSA) is 12.9 Å². The molecule has 1 heterocycles. The Morgan fingerprint density at radius 2 is 1.75 bits per heavy atom. The summed E-state index contributed by atoms with van der Waals surface area (Å²) >= 11 is 6.48. The number of hydrogen-bond donors (Lipinski definition) is 0. The van der Waals surface area contributed by atoms with Gasteiger partial charge in [-0.15, -0.1) is 0 Å². The van der Waals surface area contributed by atoms with E-state index >= 15 is 0 Å². The monoisotopic (exact) mass is 285 g/mol. The average molecular weight is 286 g/mol. The molecule has 0 bridgehead atoms. The van der Waals surface area contributed by atoms with Crippen molar-refractivity contribution in [1.82, 2.24) is 4.98 Å². The van der Waals surface area contributed by atoms with Crippen LogP contribution in [0.5, 0.6) is 0 Å².